The minimum Gasteiger partial charge on any atom is -0.326 e. The van der Waals surface area contributed by atoms with Crippen molar-refractivity contribution in [2.75, 3.05) is 0 Å². The van der Waals surface area contributed by atoms with Crippen LogP contribution in [0.2, 0.25) is 0 Å². The predicted molar refractivity (Wildman–Crippen MR) is 77.8 cm³/mol. The summed E-state index contributed by atoms with van der Waals surface area (Å²) < 4.78 is 0. The Bertz CT molecular complexity index is 532. The first-order chi connectivity index (χ1) is 8.60. The highest BCUT2D eigenvalue weighted by molar-refractivity contribution is 5.41. The zero-order valence-corrected chi connectivity index (χ0v) is 11.5. The van der Waals surface area contributed by atoms with Crippen LogP contribution in [0.4, 0.5) is 0 Å². The van der Waals surface area contributed by atoms with Crippen molar-refractivity contribution in [2.24, 2.45) is 5.73 Å². The van der Waals surface area contributed by atoms with Gasteiger partial charge in [-0.15, -0.1) is 0 Å². The SMILES string of the molecule is Cc1cc(C)c(Cc2cccc(CN)c2)c(C)c1. The summed E-state index contributed by atoms with van der Waals surface area (Å²) in [6, 6.07) is 13.1. The minimum atomic E-state index is 0.611. The van der Waals surface area contributed by atoms with Gasteiger partial charge in [0.05, 0.1) is 0 Å². The Kier molecular flexibility index (Phi) is 3.83. The molecule has 0 aromatic heterocycles. The number of aryl methyl sites for hydroxylation is 3. The van der Waals surface area contributed by atoms with Gasteiger partial charge >= 0.3 is 0 Å². The third-order valence-corrected chi connectivity index (χ3v) is 3.45. The Morgan fingerprint density at radius 1 is 0.889 bits per heavy atom. The lowest BCUT2D eigenvalue weighted by atomic mass is 9.94. The van der Waals surface area contributed by atoms with Gasteiger partial charge in [0.2, 0.25) is 0 Å². The van der Waals surface area contributed by atoms with Crippen molar-refractivity contribution in [1.82, 2.24) is 0 Å². The molecule has 0 bridgehead atoms. The van der Waals surface area contributed by atoms with E-state index in [1.54, 1.807) is 0 Å². The molecule has 1 nitrogen and oxygen atoms in total. The lowest BCUT2D eigenvalue weighted by Gasteiger charge is -2.12. The highest BCUT2D eigenvalue weighted by Crippen LogP contribution is 2.20. The predicted octanol–water partition coefficient (Wildman–Crippen LogP) is 3.66. The largest absolute Gasteiger partial charge is 0.326 e. The lowest BCUT2D eigenvalue weighted by Crippen LogP contribution is -2.00. The molecular formula is C17H21N. The van der Waals surface area contributed by atoms with Crippen LogP contribution in [0.15, 0.2) is 36.4 Å². The second-order valence-corrected chi connectivity index (χ2v) is 5.08. The number of rotatable bonds is 3. The molecule has 0 amide bonds. The fourth-order valence-corrected chi connectivity index (χ4v) is 2.56. The van der Waals surface area contributed by atoms with Crippen LogP contribution in [0.3, 0.4) is 0 Å². The molecule has 0 saturated heterocycles. The van der Waals surface area contributed by atoms with E-state index in [2.05, 4.69) is 57.2 Å². The Balaban J connectivity index is 2.33. The maximum absolute atomic E-state index is 5.69. The monoisotopic (exact) mass is 239 g/mol. The summed E-state index contributed by atoms with van der Waals surface area (Å²) in [6.07, 6.45) is 0.992. The molecule has 2 N–H and O–H groups in total. The maximum Gasteiger partial charge on any atom is 0.0178 e. The van der Waals surface area contributed by atoms with Crippen LogP contribution < -0.4 is 5.73 Å². The average Bonchev–Trinajstić information content (AvgIpc) is 2.34. The molecule has 1 heteroatoms. The van der Waals surface area contributed by atoms with Crippen molar-refractivity contribution < 1.29 is 0 Å². The van der Waals surface area contributed by atoms with Crippen molar-refractivity contribution in [3.8, 4) is 0 Å². The van der Waals surface area contributed by atoms with E-state index in [-0.39, 0.29) is 0 Å². The van der Waals surface area contributed by atoms with Gasteiger partial charge in [-0.25, -0.2) is 0 Å². The summed E-state index contributed by atoms with van der Waals surface area (Å²) in [6.45, 7) is 7.16. The van der Waals surface area contributed by atoms with Crippen molar-refractivity contribution in [2.45, 2.75) is 33.7 Å². The third kappa shape index (κ3) is 2.80. The maximum atomic E-state index is 5.69. The van der Waals surface area contributed by atoms with E-state index >= 15 is 0 Å². The molecule has 0 radical (unpaired) electrons. The molecule has 2 aromatic rings. The van der Waals surface area contributed by atoms with Gasteiger partial charge in [-0.1, -0.05) is 42.0 Å². The van der Waals surface area contributed by atoms with Gasteiger partial charge < -0.3 is 5.73 Å². The van der Waals surface area contributed by atoms with Crippen molar-refractivity contribution in [3.05, 3.63) is 69.8 Å². The molecular weight excluding hydrogens is 218 g/mol. The van der Waals surface area contributed by atoms with Crippen molar-refractivity contribution in [1.29, 1.82) is 0 Å². The first kappa shape index (κ1) is 12.8. The number of hydrogen-bond donors (Lipinski definition) is 1. The zero-order chi connectivity index (χ0) is 13.1. The molecule has 0 spiro atoms. The first-order valence-electron chi connectivity index (χ1n) is 6.44. The van der Waals surface area contributed by atoms with Gasteiger partial charge in [0.15, 0.2) is 0 Å². The van der Waals surface area contributed by atoms with Crippen LogP contribution in [-0.4, -0.2) is 0 Å². The van der Waals surface area contributed by atoms with E-state index in [0.29, 0.717) is 6.54 Å². The van der Waals surface area contributed by atoms with Gasteiger partial charge in [0.25, 0.3) is 0 Å². The molecule has 94 valence electrons. The highest BCUT2D eigenvalue weighted by Gasteiger charge is 2.05. The van der Waals surface area contributed by atoms with E-state index in [9.17, 15) is 0 Å². The fraction of sp³-hybridized carbons (Fsp3) is 0.294. The van der Waals surface area contributed by atoms with E-state index in [0.717, 1.165) is 6.42 Å². The zero-order valence-electron chi connectivity index (χ0n) is 11.5. The molecule has 18 heavy (non-hydrogen) atoms. The standard InChI is InChI=1S/C17H21N/c1-12-7-13(2)17(14(3)8-12)10-15-5-4-6-16(9-15)11-18/h4-9H,10-11,18H2,1-3H3. The minimum absolute atomic E-state index is 0.611. The highest BCUT2D eigenvalue weighted by atomic mass is 14.5. The van der Waals surface area contributed by atoms with Crippen LogP contribution in [0.1, 0.15) is 33.4 Å². The van der Waals surface area contributed by atoms with E-state index in [1.165, 1.54) is 33.4 Å². The lowest BCUT2D eigenvalue weighted by molar-refractivity contribution is 1.05. The molecule has 2 rings (SSSR count). The Labute approximate surface area is 110 Å². The van der Waals surface area contributed by atoms with Crippen LogP contribution >= 0.6 is 0 Å². The van der Waals surface area contributed by atoms with Gasteiger partial charge in [0, 0.05) is 6.54 Å². The summed E-state index contributed by atoms with van der Waals surface area (Å²) >= 11 is 0. The van der Waals surface area contributed by atoms with E-state index in [1.807, 2.05) is 0 Å². The first-order valence-corrected chi connectivity index (χ1v) is 6.44. The van der Waals surface area contributed by atoms with Gasteiger partial charge in [-0.05, 0) is 55.0 Å². The van der Waals surface area contributed by atoms with E-state index in [4.69, 9.17) is 5.73 Å². The number of hydrogen-bond acceptors (Lipinski definition) is 1. The summed E-state index contributed by atoms with van der Waals surface area (Å²) in [5.74, 6) is 0. The molecule has 0 unspecified atom stereocenters. The summed E-state index contributed by atoms with van der Waals surface area (Å²) in [7, 11) is 0. The molecule has 0 atom stereocenters. The normalized spacial score (nSPS) is 10.7. The molecule has 0 aliphatic rings. The molecule has 2 aromatic carbocycles. The summed E-state index contributed by atoms with van der Waals surface area (Å²) in [4.78, 5) is 0. The second-order valence-electron chi connectivity index (χ2n) is 5.08. The molecule has 0 heterocycles. The Hall–Kier alpha value is -1.60. The van der Waals surface area contributed by atoms with Crippen LogP contribution in [0.5, 0.6) is 0 Å². The second kappa shape index (κ2) is 5.36. The molecule has 0 fully saturated rings. The fourth-order valence-electron chi connectivity index (χ4n) is 2.56. The molecule has 0 saturated carbocycles. The van der Waals surface area contributed by atoms with Gasteiger partial charge in [0.1, 0.15) is 0 Å². The number of nitrogens with two attached hydrogens (primary N) is 1. The van der Waals surface area contributed by atoms with Gasteiger partial charge in [-0.2, -0.15) is 0 Å². The number of benzene rings is 2. The van der Waals surface area contributed by atoms with Crippen LogP contribution in [0, 0.1) is 20.8 Å². The van der Waals surface area contributed by atoms with Crippen molar-refractivity contribution in [3.63, 3.8) is 0 Å². The summed E-state index contributed by atoms with van der Waals surface area (Å²) in [5, 5.41) is 0. The Morgan fingerprint density at radius 2 is 1.50 bits per heavy atom. The summed E-state index contributed by atoms with van der Waals surface area (Å²) in [5.41, 5.74) is 13.8. The van der Waals surface area contributed by atoms with Crippen LogP contribution in [0.25, 0.3) is 0 Å². The average molecular weight is 239 g/mol. The van der Waals surface area contributed by atoms with Crippen molar-refractivity contribution >= 4 is 0 Å². The van der Waals surface area contributed by atoms with Gasteiger partial charge in [-0.3, -0.25) is 0 Å². The topological polar surface area (TPSA) is 26.0 Å². The third-order valence-electron chi connectivity index (χ3n) is 3.45. The van der Waals surface area contributed by atoms with Crippen LogP contribution in [-0.2, 0) is 13.0 Å². The quantitative estimate of drug-likeness (QED) is 0.869. The smallest absolute Gasteiger partial charge is 0.0178 e. The Morgan fingerprint density at radius 3 is 2.11 bits per heavy atom. The molecule has 0 aliphatic heterocycles. The van der Waals surface area contributed by atoms with E-state index < -0.39 is 0 Å². The molecule has 0 aliphatic carbocycles.